The number of fused-ring (bicyclic) bond motifs is 2. The molecule has 0 spiro atoms. The third-order valence-electron chi connectivity index (χ3n) is 5.50. The molecule has 2 atom stereocenters. The van der Waals surface area contributed by atoms with Crippen LogP contribution in [0.1, 0.15) is 37.0 Å². The molecule has 0 saturated heterocycles. The van der Waals surface area contributed by atoms with Crippen LogP contribution in [-0.2, 0) is 11.2 Å². The van der Waals surface area contributed by atoms with Crippen molar-refractivity contribution in [1.82, 2.24) is 0 Å². The van der Waals surface area contributed by atoms with Crippen LogP contribution in [0.3, 0.4) is 0 Å². The molecule has 0 aromatic heterocycles. The Morgan fingerprint density at radius 2 is 1.07 bits per heavy atom. The first-order chi connectivity index (χ1) is 12.8. The Hall–Kier alpha value is -2.62. The highest BCUT2D eigenvalue weighted by Crippen LogP contribution is 2.50. The van der Waals surface area contributed by atoms with Crippen molar-refractivity contribution in [2.24, 2.45) is 0 Å². The van der Waals surface area contributed by atoms with E-state index in [-0.39, 0.29) is 6.42 Å². The van der Waals surface area contributed by atoms with Crippen LogP contribution in [0.15, 0.2) is 72.8 Å². The lowest BCUT2D eigenvalue weighted by molar-refractivity contribution is -0.0525. The number of anilines is 3. The Morgan fingerprint density at radius 3 is 1.56 bits per heavy atom. The van der Waals surface area contributed by atoms with Crippen molar-refractivity contribution in [3.63, 3.8) is 0 Å². The topological polar surface area (TPSA) is 43.7 Å². The summed E-state index contributed by atoms with van der Waals surface area (Å²) in [6, 6.07) is 24.0. The Labute approximate surface area is 160 Å². The molecule has 3 aromatic carbocycles. The van der Waals surface area contributed by atoms with Gasteiger partial charge in [0.2, 0.25) is 0 Å². The molecular weight excluding hydrogens is 334 g/mol. The Balaban J connectivity index is 2.11. The lowest BCUT2D eigenvalue weighted by atomic mass is 9.77. The van der Waals surface area contributed by atoms with Gasteiger partial charge in [-0.2, -0.15) is 0 Å². The highest BCUT2D eigenvalue weighted by Gasteiger charge is 2.41. The quantitative estimate of drug-likeness (QED) is 0.621. The van der Waals surface area contributed by atoms with Gasteiger partial charge in [0.1, 0.15) is 0 Å². The normalized spacial score (nSPS) is 24.6. The van der Waals surface area contributed by atoms with Crippen molar-refractivity contribution in [3.8, 4) is 0 Å². The SMILES string of the molecule is Cc1ccccc1N1c2ccccc2C(C)(O)CC(C)(O)c2ccccc21. The van der Waals surface area contributed by atoms with E-state index in [1.165, 1.54) is 0 Å². The standard InChI is InChI=1S/C24H25NO2/c1-17-10-4-7-13-20(17)25-21-14-8-5-11-18(21)23(2,26)16-24(3,27)19-12-6-9-15-22(19)25/h4-15,26-27H,16H2,1-3H3. The first-order valence-corrected chi connectivity index (χ1v) is 9.31. The van der Waals surface area contributed by atoms with E-state index in [1.54, 1.807) is 13.8 Å². The summed E-state index contributed by atoms with van der Waals surface area (Å²) in [6.45, 7) is 5.64. The number of aliphatic hydroxyl groups is 2. The van der Waals surface area contributed by atoms with Gasteiger partial charge >= 0.3 is 0 Å². The van der Waals surface area contributed by atoms with Gasteiger partial charge in [-0.3, -0.25) is 0 Å². The fraction of sp³-hybridized carbons (Fsp3) is 0.250. The predicted octanol–water partition coefficient (Wildman–Crippen LogP) is 5.28. The van der Waals surface area contributed by atoms with Gasteiger partial charge in [-0.05, 0) is 44.5 Å². The summed E-state index contributed by atoms with van der Waals surface area (Å²) in [5.41, 5.74) is 3.29. The van der Waals surface area contributed by atoms with Crippen LogP contribution >= 0.6 is 0 Å². The minimum absolute atomic E-state index is 0.218. The molecule has 1 heterocycles. The molecule has 0 saturated carbocycles. The van der Waals surface area contributed by atoms with E-state index in [9.17, 15) is 10.2 Å². The molecule has 0 fully saturated rings. The van der Waals surface area contributed by atoms with Crippen LogP contribution < -0.4 is 4.90 Å². The van der Waals surface area contributed by atoms with Gasteiger partial charge in [0.25, 0.3) is 0 Å². The van der Waals surface area contributed by atoms with E-state index in [1.807, 2.05) is 60.7 Å². The minimum atomic E-state index is -1.17. The Morgan fingerprint density at radius 1 is 0.667 bits per heavy atom. The van der Waals surface area contributed by atoms with Crippen LogP contribution in [0.4, 0.5) is 17.1 Å². The second-order valence-corrected chi connectivity index (χ2v) is 7.88. The van der Waals surface area contributed by atoms with Gasteiger partial charge in [-0.1, -0.05) is 54.6 Å². The second kappa shape index (κ2) is 6.22. The number of benzene rings is 3. The van der Waals surface area contributed by atoms with Crippen molar-refractivity contribution in [1.29, 1.82) is 0 Å². The first-order valence-electron chi connectivity index (χ1n) is 9.31. The van der Waals surface area contributed by atoms with Crippen molar-refractivity contribution >= 4 is 17.1 Å². The molecule has 0 bridgehead atoms. The second-order valence-electron chi connectivity index (χ2n) is 7.88. The molecule has 4 rings (SSSR count). The molecule has 0 amide bonds. The zero-order valence-corrected chi connectivity index (χ0v) is 16.0. The number of hydrogen-bond donors (Lipinski definition) is 2. The number of hydrogen-bond acceptors (Lipinski definition) is 3. The van der Waals surface area contributed by atoms with E-state index in [4.69, 9.17) is 0 Å². The predicted molar refractivity (Wildman–Crippen MR) is 110 cm³/mol. The molecule has 1 aliphatic heterocycles. The number of aryl methyl sites for hydroxylation is 1. The molecule has 3 nitrogen and oxygen atoms in total. The summed E-state index contributed by atoms with van der Waals surface area (Å²) in [5, 5.41) is 22.7. The highest BCUT2D eigenvalue weighted by molar-refractivity contribution is 5.83. The molecule has 3 aromatic rings. The third-order valence-corrected chi connectivity index (χ3v) is 5.50. The molecule has 2 unspecified atom stereocenters. The van der Waals surface area contributed by atoms with Crippen molar-refractivity contribution in [2.45, 2.75) is 38.4 Å². The zero-order chi connectivity index (χ0) is 19.2. The van der Waals surface area contributed by atoms with Crippen LogP contribution in [0, 0.1) is 6.92 Å². The van der Waals surface area contributed by atoms with Gasteiger partial charge in [0.05, 0.1) is 22.6 Å². The van der Waals surface area contributed by atoms with Gasteiger partial charge in [-0.15, -0.1) is 0 Å². The summed E-state index contributed by atoms with van der Waals surface area (Å²) < 4.78 is 0. The maximum Gasteiger partial charge on any atom is 0.0919 e. The van der Waals surface area contributed by atoms with E-state index in [0.717, 1.165) is 33.8 Å². The summed E-state index contributed by atoms with van der Waals surface area (Å²) in [7, 11) is 0. The Kier molecular flexibility index (Phi) is 4.10. The third kappa shape index (κ3) is 2.93. The van der Waals surface area contributed by atoms with Gasteiger partial charge in [0.15, 0.2) is 0 Å². The fourth-order valence-electron chi connectivity index (χ4n) is 4.31. The van der Waals surface area contributed by atoms with Gasteiger partial charge in [-0.25, -0.2) is 0 Å². The van der Waals surface area contributed by atoms with Crippen LogP contribution in [0.2, 0.25) is 0 Å². The van der Waals surface area contributed by atoms with Crippen molar-refractivity contribution < 1.29 is 10.2 Å². The average Bonchev–Trinajstić information content (AvgIpc) is 2.63. The molecular formula is C24H25NO2. The van der Waals surface area contributed by atoms with Crippen LogP contribution in [0.25, 0.3) is 0 Å². The molecule has 1 aliphatic rings. The maximum absolute atomic E-state index is 11.3. The maximum atomic E-state index is 11.3. The van der Waals surface area contributed by atoms with E-state index in [2.05, 4.69) is 24.0 Å². The lowest BCUT2D eigenvalue weighted by Crippen LogP contribution is -2.38. The molecule has 27 heavy (non-hydrogen) atoms. The monoisotopic (exact) mass is 359 g/mol. The zero-order valence-electron chi connectivity index (χ0n) is 16.0. The molecule has 0 radical (unpaired) electrons. The van der Waals surface area contributed by atoms with Gasteiger partial charge < -0.3 is 15.1 Å². The minimum Gasteiger partial charge on any atom is -0.385 e. The smallest absolute Gasteiger partial charge is 0.0919 e. The highest BCUT2D eigenvalue weighted by atomic mass is 16.3. The van der Waals surface area contributed by atoms with E-state index >= 15 is 0 Å². The van der Waals surface area contributed by atoms with Crippen molar-refractivity contribution in [3.05, 3.63) is 89.5 Å². The van der Waals surface area contributed by atoms with Crippen molar-refractivity contribution in [2.75, 3.05) is 4.90 Å². The van der Waals surface area contributed by atoms with Crippen LogP contribution in [-0.4, -0.2) is 10.2 Å². The lowest BCUT2D eigenvalue weighted by Gasteiger charge is -2.42. The number of rotatable bonds is 1. The molecule has 3 heteroatoms. The van der Waals surface area contributed by atoms with Crippen LogP contribution in [0.5, 0.6) is 0 Å². The molecule has 0 aliphatic carbocycles. The largest absolute Gasteiger partial charge is 0.385 e. The molecule has 138 valence electrons. The van der Waals surface area contributed by atoms with Gasteiger partial charge in [0, 0.05) is 23.2 Å². The summed E-state index contributed by atoms with van der Waals surface area (Å²) in [6.07, 6.45) is 0.218. The average molecular weight is 359 g/mol. The first kappa shape index (κ1) is 17.8. The Bertz CT molecular complexity index is 933. The summed E-state index contributed by atoms with van der Waals surface area (Å²) in [5.74, 6) is 0. The fourth-order valence-corrected chi connectivity index (χ4v) is 4.31. The molecule has 2 N–H and O–H groups in total. The summed E-state index contributed by atoms with van der Waals surface area (Å²) >= 11 is 0. The summed E-state index contributed by atoms with van der Waals surface area (Å²) in [4.78, 5) is 2.15. The van der Waals surface area contributed by atoms with E-state index in [0.29, 0.717) is 0 Å². The number of para-hydroxylation sites is 3. The number of nitrogens with zero attached hydrogens (tertiary/aromatic N) is 1. The van der Waals surface area contributed by atoms with E-state index < -0.39 is 11.2 Å².